The molecule has 3 aromatic carbocycles. The van der Waals surface area contributed by atoms with E-state index in [9.17, 15) is 13.2 Å². The Balaban J connectivity index is 1.50. The Hall–Kier alpha value is -4.07. The molecular weight excluding hydrogens is 405 g/mol. The van der Waals surface area contributed by atoms with Crippen LogP contribution in [0, 0.1) is 0 Å². The predicted molar refractivity (Wildman–Crippen MR) is 111 cm³/mol. The number of ether oxygens (including phenoxy) is 1. The van der Waals surface area contributed by atoms with Crippen molar-refractivity contribution in [2.24, 2.45) is 0 Å². The van der Waals surface area contributed by atoms with Crippen LogP contribution < -0.4 is 4.74 Å². The Morgan fingerprint density at radius 1 is 0.839 bits per heavy atom. The van der Waals surface area contributed by atoms with Crippen molar-refractivity contribution in [3.63, 3.8) is 0 Å². The molecule has 154 valence electrons. The van der Waals surface area contributed by atoms with Gasteiger partial charge >= 0.3 is 6.18 Å². The Morgan fingerprint density at radius 3 is 2.45 bits per heavy atom. The molecule has 0 saturated carbocycles. The molecule has 5 nitrogen and oxygen atoms in total. The number of aromatic nitrogens is 4. The number of H-pyrrole nitrogens is 2. The second kappa shape index (κ2) is 7.32. The molecule has 0 aliphatic heterocycles. The Kier molecular flexibility index (Phi) is 4.47. The van der Waals surface area contributed by atoms with Crippen LogP contribution in [0.4, 0.5) is 13.2 Å². The molecule has 0 fully saturated rings. The molecule has 0 spiro atoms. The molecule has 0 bridgehead atoms. The molecule has 0 amide bonds. The van der Waals surface area contributed by atoms with Crippen LogP contribution in [0.3, 0.4) is 0 Å². The first-order valence-corrected chi connectivity index (χ1v) is 9.41. The largest absolute Gasteiger partial charge is 0.457 e. The SMILES string of the molecule is FC(F)(F)c1cc(-c2cc(-c3ccc4nc[nH]c4c3)[nH]n2)ccc1Oc1ccccc1. The smallest absolute Gasteiger partial charge is 0.420 e. The number of nitrogens with one attached hydrogen (secondary N) is 2. The van der Waals surface area contributed by atoms with Crippen molar-refractivity contribution >= 4 is 11.0 Å². The highest BCUT2D eigenvalue weighted by Crippen LogP contribution is 2.40. The van der Waals surface area contributed by atoms with Gasteiger partial charge < -0.3 is 9.72 Å². The average molecular weight is 420 g/mol. The molecule has 5 aromatic rings. The summed E-state index contributed by atoms with van der Waals surface area (Å²) in [4.78, 5) is 7.21. The van der Waals surface area contributed by atoms with E-state index >= 15 is 0 Å². The minimum absolute atomic E-state index is 0.261. The van der Waals surface area contributed by atoms with E-state index in [-0.39, 0.29) is 5.75 Å². The third-order valence-corrected chi connectivity index (χ3v) is 4.86. The maximum Gasteiger partial charge on any atom is 0.420 e. The fraction of sp³-hybridized carbons (Fsp3) is 0.0435. The molecule has 0 saturated heterocycles. The first kappa shape index (κ1) is 18.9. The number of nitrogens with zero attached hydrogens (tertiary/aromatic N) is 2. The highest BCUT2D eigenvalue weighted by molar-refractivity contribution is 5.81. The highest BCUT2D eigenvalue weighted by atomic mass is 19.4. The number of rotatable bonds is 4. The van der Waals surface area contributed by atoms with E-state index in [2.05, 4.69) is 20.2 Å². The summed E-state index contributed by atoms with van der Waals surface area (Å²) in [5, 5.41) is 7.10. The molecule has 0 atom stereocenters. The number of imidazole rings is 1. The lowest BCUT2D eigenvalue weighted by Gasteiger charge is -2.14. The molecular formula is C23H15F3N4O. The maximum atomic E-state index is 13.7. The summed E-state index contributed by atoms with van der Waals surface area (Å²) in [6.07, 6.45) is -2.98. The van der Waals surface area contributed by atoms with Gasteiger partial charge in [-0.05, 0) is 48.5 Å². The quantitative estimate of drug-likeness (QED) is 0.352. The van der Waals surface area contributed by atoms with Gasteiger partial charge in [0, 0.05) is 11.1 Å². The third-order valence-electron chi connectivity index (χ3n) is 4.86. The van der Waals surface area contributed by atoms with E-state index in [0.29, 0.717) is 22.7 Å². The fourth-order valence-electron chi connectivity index (χ4n) is 3.34. The van der Waals surface area contributed by atoms with Gasteiger partial charge in [-0.2, -0.15) is 18.3 Å². The zero-order valence-electron chi connectivity index (χ0n) is 15.9. The average Bonchev–Trinajstić information content (AvgIpc) is 3.43. The summed E-state index contributed by atoms with van der Waals surface area (Å²) in [5.41, 5.74) is 3.08. The Bertz CT molecular complexity index is 1360. The van der Waals surface area contributed by atoms with Gasteiger partial charge in [-0.25, -0.2) is 4.98 Å². The fourth-order valence-corrected chi connectivity index (χ4v) is 3.34. The maximum absolute atomic E-state index is 13.7. The molecule has 0 aliphatic carbocycles. The molecule has 2 N–H and O–H groups in total. The van der Waals surface area contributed by atoms with Gasteiger partial charge in [-0.3, -0.25) is 5.10 Å². The Labute approximate surface area is 174 Å². The van der Waals surface area contributed by atoms with Crippen molar-refractivity contribution < 1.29 is 17.9 Å². The van der Waals surface area contributed by atoms with Crippen molar-refractivity contribution in [2.75, 3.05) is 0 Å². The van der Waals surface area contributed by atoms with Crippen LogP contribution in [0.1, 0.15) is 5.56 Å². The lowest BCUT2D eigenvalue weighted by molar-refractivity contribution is -0.138. The normalized spacial score (nSPS) is 11.7. The monoisotopic (exact) mass is 420 g/mol. The van der Waals surface area contributed by atoms with Crippen LogP contribution in [-0.4, -0.2) is 20.2 Å². The molecule has 8 heteroatoms. The summed E-state index contributed by atoms with van der Waals surface area (Å²) in [7, 11) is 0. The molecule has 5 rings (SSSR count). The summed E-state index contributed by atoms with van der Waals surface area (Å²) >= 11 is 0. The molecule has 31 heavy (non-hydrogen) atoms. The number of halogens is 3. The molecule has 0 aliphatic rings. The zero-order chi connectivity index (χ0) is 21.4. The van der Waals surface area contributed by atoms with E-state index in [1.54, 1.807) is 48.8 Å². The van der Waals surface area contributed by atoms with Gasteiger partial charge in [0.2, 0.25) is 0 Å². The van der Waals surface area contributed by atoms with Crippen molar-refractivity contribution in [1.82, 2.24) is 20.2 Å². The minimum Gasteiger partial charge on any atom is -0.457 e. The van der Waals surface area contributed by atoms with Gasteiger partial charge in [0.15, 0.2) is 0 Å². The number of aromatic amines is 2. The number of para-hydroxylation sites is 1. The topological polar surface area (TPSA) is 66.6 Å². The van der Waals surface area contributed by atoms with Crippen molar-refractivity contribution in [3.05, 3.63) is 84.7 Å². The molecule has 0 unspecified atom stereocenters. The number of hydrogen-bond acceptors (Lipinski definition) is 3. The number of alkyl halides is 3. The van der Waals surface area contributed by atoms with E-state index in [1.165, 1.54) is 6.07 Å². The van der Waals surface area contributed by atoms with Crippen molar-refractivity contribution in [2.45, 2.75) is 6.18 Å². The van der Waals surface area contributed by atoms with Crippen LogP contribution >= 0.6 is 0 Å². The molecule has 2 heterocycles. The lowest BCUT2D eigenvalue weighted by Crippen LogP contribution is -2.07. The van der Waals surface area contributed by atoms with Crippen LogP contribution in [-0.2, 0) is 6.18 Å². The van der Waals surface area contributed by atoms with Gasteiger partial charge in [-0.1, -0.05) is 24.3 Å². The van der Waals surface area contributed by atoms with Crippen molar-refractivity contribution in [1.29, 1.82) is 0 Å². The van der Waals surface area contributed by atoms with Crippen LogP contribution in [0.15, 0.2) is 79.1 Å². The first-order valence-electron chi connectivity index (χ1n) is 9.41. The standard InChI is InChI=1S/C23H15F3N4O/c24-23(25,26)17-10-14(7-9-22(17)31-16-4-2-1-3-5-16)19-12-20(30-29-19)15-6-8-18-21(11-15)28-13-27-18/h1-13H,(H,27,28)(H,29,30). The summed E-state index contributed by atoms with van der Waals surface area (Å²) in [6, 6.07) is 19.6. The van der Waals surface area contributed by atoms with Crippen LogP contribution in [0.5, 0.6) is 11.5 Å². The summed E-state index contributed by atoms with van der Waals surface area (Å²) < 4.78 is 46.6. The van der Waals surface area contributed by atoms with E-state index in [4.69, 9.17) is 4.74 Å². The summed E-state index contributed by atoms with van der Waals surface area (Å²) in [5.74, 6) is 0.0694. The highest BCUT2D eigenvalue weighted by Gasteiger charge is 2.35. The van der Waals surface area contributed by atoms with E-state index in [1.807, 2.05) is 18.2 Å². The van der Waals surface area contributed by atoms with Gasteiger partial charge in [0.1, 0.15) is 11.5 Å². The second-order valence-corrected chi connectivity index (χ2v) is 6.93. The lowest BCUT2D eigenvalue weighted by atomic mass is 10.0. The molecule has 0 radical (unpaired) electrons. The van der Waals surface area contributed by atoms with Crippen LogP contribution in [0.25, 0.3) is 33.5 Å². The number of benzene rings is 3. The Morgan fingerprint density at radius 2 is 1.65 bits per heavy atom. The first-order chi connectivity index (χ1) is 15.0. The van der Waals surface area contributed by atoms with E-state index < -0.39 is 11.7 Å². The minimum atomic E-state index is -4.58. The van der Waals surface area contributed by atoms with Gasteiger partial charge in [-0.15, -0.1) is 0 Å². The predicted octanol–water partition coefficient (Wildman–Crippen LogP) is 6.43. The molecule has 2 aromatic heterocycles. The third kappa shape index (κ3) is 3.75. The van der Waals surface area contributed by atoms with Crippen LogP contribution in [0.2, 0.25) is 0 Å². The zero-order valence-corrected chi connectivity index (χ0v) is 15.9. The number of hydrogen-bond donors (Lipinski definition) is 2. The summed E-state index contributed by atoms with van der Waals surface area (Å²) in [6.45, 7) is 0. The number of fused-ring (bicyclic) bond motifs is 1. The van der Waals surface area contributed by atoms with Gasteiger partial charge in [0.25, 0.3) is 0 Å². The second-order valence-electron chi connectivity index (χ2n) is 6.93. The van der Waals surface area contributed by atoms with Gasteiger partial charge in [0.05, 0.1) is 34.3 Å². The van der Waals surface area contributed by atoms with Crippen molar-refractivity contribution in [3.8, 4) is 34.0 Å². The van der Waals surface area contributed by atoms with E-state index in [0.717, 1.165) is 22.7 Å².